The van der Waals surface area contributed by atoms with Crippen LogP contribution in [-0.2, 0) is 14.8 Å². The molecule has 1 rings (SSSR count). The number of carbonyl (C=O) groups is 1. The van der Waals surface area contributed by atoms with Gasteiger partial charge in [0.15, 0.2) is 0 Å². The molecule has 0 amide bonds. The lowest BCUT2D eigenvalue weighted by Gasteiger charge is -2.06. The van der Waals surface area contributed by atoms with Crippen LogP contribution in [0.5, 0.6) is 0 Å². The van der Waals surface area contributed by atoms with Crippen LogP contribution >= 0.6 is 0 Å². The number of sulfonamides is 1. The molecular formula is C10H13NO4S. The maximum absolute atomic E-state index is 11.5. The van der Waals surface area contributed by atoms with Crippen molar-refractivity contribution in [1.82, 2.24) is 0 Å². The summed E-state index contributed by atoms with van der Waals surface area (Å²) in [6, 6.07) is 4.10. The lowest BCUT2D eigenvalue weighted by Crippen LogP contribution is -2.14. The Balaban J connectivity index is 3.24. The number of hydrogen-bond acceptors (Lipinski definition) is 4. The largest absolute Gasteiger partial charge is 0.462 e. The van der Waals surface area contributed by atoms with E-state index in [9.17, 15) is 13.2 Å². The van der Waals surface area contributed by atoms with E-state index in [2.05, 4.69) is 0 Å². The highest BCUT2D eigenvalue weighted by molar-refractivity contribution is 7.89. The van der Waals surface area contributed by atoms with Gasteiger partial charge >= 0.3 is 5.97 Å². The molecule has 0 bridgehead atoms. The molecule has 1 aromatic rings. The van der Waals surface area contributed by atoms with E-state index in [0.29, 0.717) is 5.56 Å². The number of rotatable bonds is 3. The second-order valence-electron chi connectivity index (χ2n) is 3.24. The predicted molar refractivity (Wildman–Crippen MR) is 58.5 cm³/mol. The summed E-state index contributed by atoms with van der Waals surface area (Å²) >= 11 is 0. The summed E-state index contributed by atoms with van der Waals surface area (Å²) in [7, 11) is -3.80. The average molecular weight is 243 g/mol. The number of primary sulfonamides is 1. The van der Waals surface area contributed by atoms with E-state index in [0.717, 1.165) is 0 Å². The Morgan fingerprint density at radius 3 is 2.56 bits per heavy atom. The fraction of sp³-hybridized carbons (Fsp3) is 0.300. The monoisotopic (exact) mass is 243 g/mol. The Kier molecular flexibility index (Phi) is 3.66. The Labute approximate surface area is 94.3 Å². The van der Waals surface area contributed by atoms with Gasteiger partial charge in [0.2, 0.25) is 10.0 Å². The molecule has 0 aliphatic rings. The van der Waals surface area contributed by atoms with Gasteiger partial charge in [-0.15, -0.1) is 0 Å². The first-order chi connectivity index (χ1) is 7.36. The number of aryl methyl sites for hydroxylation is 1. The minimum Gasteiger partial charge on any atom is -0.462 e. The average Bonchev–Trinajstić information content (AvgIpc) is 2.16. The highest BCUT2D eigenvalue weighted by Gasteiger charge is 2.15. The molecule has 0 heterocycles. The van der Waals surface area contributed by atoms with Crippen LogP contribution in [0.3, 0.4) is 0 Å². The van der Waals surface area contributed by atoms with Crippen molar-refractivity contribution < 1.29 is 17.9 Å². The lowest BCUT2D eigenvalue weighted by molar-refractivity contribution is 0.0525. The van der Waals surface area contributed by atoms with E-state index in [1.807, 2.05) is 0 Å². The van der Waals surface area contributed by atoms with Crippen molar-refractivity contribution >= 4 is 16.0 Å². The number of carbonyl (C=O) groups excluding carboxylic acids is 1. The summed E-state index contributed by atoms with van der Waals surface area (Å²) in [6.45, 7) is 3.60. The normalized spacial score (nSPS) is 11.2. The van der Waals surface area contributed by atoms with E-state index >= 15 is 0 Å². The molecule has 0 unspecified atom stereocenters. The molecular weight excluding hydrogens is 230 g/mol. The van der Waals surface area contributed by atoms with Crippen molar-refractivity contribution in [3.63, 3.8) is 0 Å². The number of ether oxygens (including phenoxy) is 1. The molecule has 6 heteroatoms. The molecule has 0 saturated carbocycles. The van der Waals surface area contributed by atoms with Crippen LogP contribution in [0.2, 0.25) is 0 Å². The summed E-state index contributed by atoms with van der Waals surface area (Å²) in [4.78, 5) is 11.4. The van der Waals surface area contributed by atoms with Gasteiger partial charge in [0.1, 0.15) is 0 Å². The van der Waals surface area contributed by atoms with E-state index in [4.69, 9.17) is 9.88 Å². The first-order valence-corrected chi connectivity index (χ1v) is 6.21. The van der Waals surface area contributed by atoms with E-state index < -0.39 is 16.0 Å². The first kappa shape index (κ1) is 12.7. The third-order valence-electron chi connectivity index (χ3n) is 2.03. The van der Waals surface area contributed by atoms with E-state index in [-0.39, 0.29) is 17.1 Å². The third-order valence-corrected chi connectivity index (χ3v) is 2.94. The second-order valence-corrected chi connectivity index (χ2v) is 4.80. The van der Waals surface area contributed by atoms with Crippen LogP contribution in [0.1, 0.15) is 22.8 Å². The fourth-order valence-electron chi connectivity index (χ4n) is 1.21. The summed E-state index contributed by atoms with van der Waals surface area (Å²) in [6.07, 6.45) is 0. The van der Waals surface area contributed by atoms with Crippen molar-refractivity contribution in [3.05, 3.63) is 29.3 Å². The van der Waals surface area contributed by atoms with E-state index in [1.165, 1.54) is 18.2 Å². The number of nitrogens with two attached hydrogens (primary N) is 1. The van der Waals surface area contributed by atoms with E-state index in [1.54, 1.807) is 13.8 Å². The van der Waals surface area contributed by atoms with Crippen LogP contribution in [0.15, 0.2) is 23.1 Å². The molecule has 0 aliphatic carbocycles. The van der Waals surface area contributed by atoms with Crippen LogP contribution < -0.4 is 5.14 Å². The topological polar surface area (TPSA) is 86.5 Å². The lowest BCUT2D eigenvalue weighted by atomic mass is 10.1. The molecule has 2 N–H and O–H groups in total. The fourth-order valence-corrected chi connectivity index (χ4v) is 1.75. The summed E-state index contributed by atoms with van der Waals surface area (Å²) in [5.74, 6) is -0.550. The minimum absolute atomic E-state index is 0.0962. The second kappa shape index (κ2) is 4.63. The minimum atomic E-state index is -3.80. The van der Waals surface area contributed by atoms with Gasteiger partial charge in [-0.05, 0) is 31.5 Å². The molecule has 1 aromatic carbocycles. The summed E-state index contributed by atoms with van der Waals surface area (Å²) < 4.78 is 27.0. The van der Waals surface area contributed by atoms with Crippen LogP contribution in [0, 0.1) is 6.92 Å². The molecule has 0 atom stereocenters. The van der Waals surface area contributed by atoms with Gasteiger partial charge in [0.25, 0.3) is 0 Å². The maximum Gasteiger partial charge on any atom is 0.338 e. The first-order valence-electron chi connectivity index (χ1n) is 4.67. The zero-order valence-electron chi connectivity index (χ0n) is 9.06. The molecule has 0 aliphatic heterocycles. The molecule has 16 heavy (non-hydrogen) atoms. The van der Waals surface area contributed by atoms with Crippen molar-refractivity contribution in [2.24, 2.45) is 5.14 Å². The molecule has 0 spiro atoms. The van der Waals surface area contributed by atoms with Gasteiger partial charge in [-0.2, -0.15) is 0 Å². The standard InChI is InChI=1S/C10H13NO4S/c1-3-15-10(12)9-6-8(16(11,13)14)5-4-7(9)2/h4-6H,3H2,1-2H3,(H2,11,13,14). The zero-order valence-corrected chi connectivity index (χ0v) is 9.87. The smallest absolute Gasteiger partial charge is 0.338 e. The van der Waals surface area contributed by atoms with Gasteiger partial charge in [-0.1, -0.05) is 6.07 Å². The SMILES string of the molecule is CCOC(=O)c1cc(S(N)(=O)=O)ccc1C. The van der Waals surface area contributed by atoms with Crippen molar-refractivity contribution in [1.29, 1.82) is 0 Å². The van der Waals surface area contributed by atoms with Crippen molar-refractivity contribution in [3.8, 4) is 0 Å². The van der Waals surface area contributed by atoms with Crippen molar-refractivity contribution in [2.75, 3.05) is 6.61 Å². The summed E-state index contributed by atoms with van der Waals surface area (Å²) in [5.41, 5.74) is 0.860. The highest BCUT2D eigenvalue weighted by Crippen LogP contribution is 2.15. The molecule has 0 aromatic heterocycles. The van der Waals surface area contributed by atoms with Gasteiger partial charge in [0, 0.05) is 0 Å². The maximum atomic E-state index is 11.5. The third kappa shape index (κ3) is 2.80. The molecule has 5 nitrogen and oxygen atoms in total. The summed E-state index contributed by atoms with van der Waals surface area (Å²) in [5, 5.41) is 4.97. The quantitative estimate of drug-likeness (QED) is 0.796. The number of hydrogen-bond donors (Lipinski definition) is 1. The molecule has 0 saturated heterocycles. The van der Waals surface area contributed by atoms with Crippen LogP contribution in [-0.4, -0.2) is 21.0 Å². The van der Waals surface area contributed by atoms with Crippen LogP contribution in [0.25, 0.3) is 0 Å². The zero-order chi connectivity index (χ0) is 12.3. The Bertz CT molecular complexity index is 508. The predicted octanol–water partition coefficient (Wildman–Crippen LogP) is 0.819. The Morgan fingerprint density at radius 2 is 2.06 bits per heavy atom. The Morgan fingerprint density at radius 1 is 1.44 bits per heavy atom. The Hall–Kier alpha value is -1.40. The van der Waals surface area contributed by atoms with Gasteiger partial charge in [0.05, 0.1) is 17.1 Å². The molecule has 0 fully saturated rings. The molecule has 0 radical (unpaired) electrons. The number of benzene rings is 1. The number of esters is 1. The van der Waals surface area contributed by atoms with Crippen LogP contribution in [0.4, 0.5) is 0 Å². The highest BCUT2D eigenvalue weighted by atomic mass is 32.2. The van der Waals surface area contributed by atoms with Gasteiger partial charge < -0.3 is 4.74 Å². The molecule has 88 valence electrons. The van der Waals surface area contributed by atoms with Gasteiger partial charge in [-0.25, -0.2) is 18.4 Å². The van der Waals surface area contributed by atoms with Crippen molar-refractivity contribution in [2.45, 2.75) is 18.7 Å². The van der Waals surface area contributed by atoms with Gasteiger partial charge in [-0.3, -0.25) is 0 Å².